The summed E-state index contributed by atoms with van der Waals surface area (Å²) < 4.78 is 13.3. The van der Waals surface area contributed by atoms with Gasteiger partial charge >= 0.3 is 0 Å². The predicted molar refractivity (Wildman–Crippen MR) is 51.7 cm³/mol. The van der Waals surface area contributed by atoms with Crippen LogP contribution in [0.15, 0.2) is 12.1 Å². The van der Waals surface area contributed by atoms with Gasteiger partial charge in [0.15, 0.2) is 0 Å². The number of hydrogen-bond donors (Lipinski definition) is 1. The third kappa shape index (κ3) is 2.13. The molecule has 13 heavy (non-hydrogen) atoms. The Morgan fingerprint density at radius 3 is 2.46 bits per heavy atom. The Hall–Kier alpha value is -0.310. The highest BCUT2D eigenvalue weighted by atomic mass is 35.5. The molecule has 1 aromatic carbocycles. The minimum absolute atomic E-state index is 0.0214. The molecular formula is C9H9Cl2FO. The lowest BCUT2D eigenvalue weighted by Crippen LogP contribution is -2.00. The van der Waals surface area contributed by atoms with Gasteiger partial charge in [-0.05, 0) is 18.6 Å². The molecule has 0 aromatic heterocycles. The molecule has 0 heterocycles. The summed E-state index contributed by atoms with van der Waals surface area (Å²) in [6.07, 6.45) is -0.497. The zero-order valence-corrected chi connectivity index (χ0v) is 8.53. The minimum atomic E-state index is -0.897. The molecule has 0 aliphatic carbocycles. The van der Waals surface area contributed by atoms with E-state index in [0.29, 0.717) is 6.42 Å². The largest absolute Gasteiger partial charge is 0.388 e. The van der Waals surface area contributed by atoms with E-state index in [0.717, 1.165) is 0 Å². The summed E-state index contributed by atoms with van der Waals surface area (Å²) in [7, 11) is 0. The highest BCUT2D eigenvalue weighted by Gasteiger charge is 2.17. The highest BCUT2D eigenvalue weighted by Crippen LogP contribution is 2.31. The first-order chi connectivity index (χ1) is 6.07. The van der Waals surface area contributed by atoms with Crippen LogP contribution in [0.5, 0.6) is 0 Å². The predicted octanol–water partition coefficient (Wildman–Crippen LogP) is 3.58. The summed E-state index contributed by atoms with van der Waals surface area (Å²) in [5, 5.41) is 9.62. The van der Waals surface area contributed by atoms with E-state index in [-0.39, 0.29) is 15.6 Å². The summed E-state index contributed by atoms with van der Waals surface area (Å²) >= 11 is 11.3. The molecule has 72 valence electrons. The standard InChI is InChI=1S/C9H9Cl2FO/c1-2-7(13)8-5(10)3-4-6(11)9(8)12/h3-4,7,13H,2H2,1H3. The van der Waals surface area contributed by atoms with Crippen LogP contribution in [0.2, 0.25) is 10.0 Å². The molecule has 4 heteroatoms. The van der Waals surface area contributed by atoms with Gasteiger partial charge < -0.3 is 5.11 Å². The second-order valence-corrected chi connectivity index (χ2v) is 3.50. The van der Waals surface area contributed by atoms with Gasteiger partial charge in [-0.1, -0.05) is 30.1 Å². The third-order valence-electron chi connectivity index (χ3n) is 1.80. The van der Waals surface area contributed by atoms with Crippen molar-refractivity contribution in [3.05, 3.63) is 33.6 Å². The maximum Gasteiger partial charge on any atom is 0.149 e. The van der Waals surface area contributed by atoms with Gasteiger partial charge in [0.1, 0.15) is 5.82 Å². The summed E-state index contributed by atoms with van der Waals surface area (Å²) in [6, 6.07) is 2.84. The summed E-state index contributed by atoms with van der Waals surface area (Å²) in [6.45, 7) is 1.74. The van der Waals surface area contributed by atoms with E-state index >= 15 is 0 Å². The first kappa shape index (κ1) is 10.8. The van der Waals surface area contributed by atoms with Gasteiger partial charge in [0, 0.05) is 10.6 Å². The Morgan fingerprint density at radius 1 is 1.38 bits per heavy atom. The van der Waals surface area contributed by atoms with Crippen molar-refractivity contribution in [1.82, 2.24) is 0 Å². The van der Waals surface area contributed by atoms with Gasteiger partial charge in [-0.3, -0.25) is 0 Å². The molecule has 0 saturated carbocycles. The van der Waals surface area contributed by atoms with E-state index in [1.807, 2.05) is 0 Å². The van der Waals surface area contributed by atoms with Gasteiger partial charge in [-0.15, -0.1) is 0 Å². The maximum absolute atomic E-state index is 13.3. The van der Waals surface area contributed by atoms with Gasteiger partial charge in [-0.2, -0.15) is 0 Å². The van der Waals surface area contributed by atoms with Crippen molar-refractivity contribution >= 4 is 23.2 Å². The van der Waals surface area contributed by atoms with Gasteiger partial charge in [0.2, 0.25) is 0 Å². The number of rotatable bonds is 2. The zero-order valence-electron chi connectivity index (χ0n) is 7.02. The van der Waals surface area contributed by atoms with Crippen molar-refractivity contribution < 1.29 is 9.50 Å². The Balaban J connectivity index is 3.25. The molecular weight excluding hydrogens is 214 g/mol. The Morgan fingerprint density at radius 2 is 1.92 bits per heavy atom. The topological polar surface area (TPSA) is 20.2 Å². The number of aliphatic hydroxyl groups is 1. The number of halogens is 3. The van der Waals surface area contributed by atoms with Crippen molar-refractivity contribution in [3.8, 4) is 0 Å². The lowest BCUT2D eigenvalue weighted by atomic mass is 10.1. The van der Waals surface area contributed by atoms with Crippen molar-refractivity contribution in [2.75, 3.05) is 0 Å². The second kappa shape index (κ2) is 4.27. The SMILES string of the molecule is CCC(O)c1c(Cl)ccc(Cl)c1F. The van der Waals surface area contributed by atoms with E-state index < -0.39 is 11.9 Å². The minimum Gasteiger partial charge on any atom is -0.388 e. The fraction of sp³-hybridized carbons (Fsp3) is 0.333. The molecule has 1 nitrogen and oxygen atoms in total. The van der Waals surface area contributed by atoms with E-state index in [1.54, 1.807) is 6.92 Å². The zero-order chi connectivity index (χ0) is 10.0. The molecule has 0 fully saturated rings. The molecule has 1 unspecified atom stereocenters. The lowest BCUT2D eigenvalue weighted by Gasteiger charge is -2.11. The average Bonchev–Trinajstić information content (AvgIpc) is 2.12. The van der Waals surface area contributed by atoms with Gasteiger partial charge in [-0.25, -0.2) is 4.39 Å². The molecule has 0 aliphatic rings. The van der Waals surface area contributed by atoms with Crippen LogP contribution in [0.25, 0.3) is 0 Å². The molecule has 1 atom stereocenters. The van der Waals surface area contributed by atoms with E-state index in [4.69, 9.17) is 23.2 Å². The van der Waals surface area contributed by atoms with Crippen LogP contribution in [0.3, 0.4) is 0 Å². The lowest BCUT2D eigenvalue weighted by molar-refractivity contribution is 0.169. The molecule has 0 spiro atoms. The smallest absolute Gasteiger partial charge is 0.149 e. The van der Waals surface area contributed by atoms with Crippen LogP contribution < -0.4 is 0 Å². The van der Waals surface area contributed by atoms with Crippen LogP contribution in [-0.4, -0.2) is 5.11 Å². The van der Waals surface area contributed by atoms with Gasteiger partial charge in [0.05, 0.1) is 11.1 Å². The van der Waals surface area contributed by atoms with Crippen LogP contribution in [-0.2, 0) is 0 Å². The molecule has 1 rings (SSSR count). The molecule has 0 aliphatic heterocycles. The maximum atomic E-state index is 13.3. The van der Waals surface area contributed by atoms with Crippen LogP contribution in [0, 0.1) is 5.82 Å². The van der Waals surface area contributed by atoms with E-state index in [2.05, 4.69) is 0 Å². The molecule has 1 N–H and O–H groups in total. The first-order valence-electron chi connectivity index (χ1n) is 3.89. The quantitative estimate of drug-likeness (QED) is 0.759. The highest BCUT2D eigenvalue weighted by molar-refractivity contribution is 6.33. The van der Waals surface area contributed by atoms with Crippen LogP contribution >= 0.6 is 23.2 Å². The summed E-state index contributed by atoms with van der Waals surface area (Å²) in [5.41, 5.74) is 0.0802. The Labute approximate surface area is 86.1 Å². The molecule has 1 aromatic rings. The molecule has 0 radical (unpaired) electrons. The van der Waals surface area contributed by atoms with Gasteiger partial charge in [0.25, 0.3) is 0 Å². The van der Waals surface area contributed by atoms with Crippen molar-refractivity contribution in [3.63, 3.8) is 0 Å². The molecule has 0 amide bonds. The Kier molecular flexibility index (Phi) is 3.54. The van der Waals surface area contributed by atoms with Crippen LogP contribution in [0.1, 0.15) is 25.0 Å². The monoisotopic (exact) mass is 222 g/mol. The van der Waals surface area contributed by atoms with Crippen molar-refractivity contribution in [1.29, 1.82) is 0 Å². The second-order valence-electron chi connectivity index (χ2n) is 2.68. The third-order valence-corrected chi connectivity index (χ3v) is 2.42. The fourth-order valence-electron chi connectivity index (χ4n) is 1.05. The van der Waals surface area contributed by atoms with E-state index in [1.165, 1.54) is 12.1 Å². The van der Waals surface area contributed by atoms with Crippen LogP contribution in [0.4, 0.5) is 4.39 Å². The number of aliphatic hydroxyl groups excluding tert-OH is 1. The Bertz CT molecular complexity index is 315. The summed E-state index contributed by atoms with van der Waals surface area (Å²) in [4.78, 5) is 0. The summed E-state index contributed by atoms with van der Waals surface area (Å²) in [5.74, 6) is -0.636. The van der Waals surface area contributed by atoms with Crippen molar-refractivity contribution in [2.24, 2.45) is 0 Å². The number of hydrogen-bond acceptors (Lipinski definition) is 1. The average molecular weight is 223 g/mol. The normalized spacial score (nSPS) is 13.0. The fourth-order valence-corrected chi connectivity index (χ4v) is 1.49. The molecule has 0 bridgehead atoms. The first-order valence-corrected chi connectivity index (χ1v) is 4.65. The van der Waals surface area contributed by atoms with E-state index in [9.17, 15) is 9.50 Å². The van der Waals surface area contributed by atoms with Crippen molar-refractivity contribution in [2.45, 2.75) is 19.4 Å². The number of benzene rings is 1. The molecule has 0 saturated heterocycles.